The maximum absolute atomic E-state index is 12.9. The molecule has 27 heavy (non-hydrogen) atoms. The first kappa shape index (κ1) is 17.0. The van der Waals surface area contributed by atoms with Gasteiger partial charge in [-0.3, -0.25) is 9.48 Å². The molecule has 0 saturated heterocycles. The minimum absolute atomic E-state index is 0.197. The van der Waals surface area contributed by atoms with E-state index in [2.05, 4.69) is 20.5 Å². The molecule has 3 aromatic heterocycles. The number of rotatable bonds is 4. The number of fused-ring (bicyclic) bond motifs is 1. The Kier molecular flexibility index (Phi) is 4.19. The molecule has 0 bridgehead atoms. The van der Waals surface area contributed by atoms with Crippen LogP contribution in [0.4, 0.5) is 5.69 Å². The molecule has 1 amide bonds. The molecule has 1 N–H and O–H groups in total. The number of aryl methyl sites for hydroxylation is 2. The van der Waals surface area contributed by atoms with Gasteiger partial charge < -0.3 is 5.32 Å². The van der Waals surface area contributed by atoms with Crippen LogP contribution in [-0.2, 0) is 13.5 Å². The van der Waals surface area contributed by atoms with Crippen molar-refractivity contribution in [1.29, 1.82) is 0 Å². The Hall–Kier alpha value is -3.48. The molecule has 7 heteroatoms. The smallest absolute Gasteiger partial charge is 0.259 e. The molecule has 4 rings (SSSR count). The van der Waals surface area contributed by atoms with Crippen LogP contribution in [-0.4, -0.2) is 30.5 Å². The fourth-order valence-electron chi connectivity index (χ4n) is 3.27. The third kappa shape index (κ3) is 2.97. The Balaban J connectivity index is 1.66. The van der Waals surface area contributed by atoms with E-state index in [1.165, 1.54) is 0 Å². The summed E-state index contributed by atoms with van der Waals surface area (Å²) < 4.78 is 3.54. The number of para-hydroxylation sites is 1. The van der Waals surface area contributed by atoms with Crippen molar-refractivity contribution in [2.45, 2.75) is 20.3 Å². The Morgan fingerprint density at radius 2 is 1.96 bits per heavy atom. The van der Waals surface area contributed by atoms with Gasteiger partial charge in [0, 0.05) is 12.4 Å². The molecule has 0 aliphatic rings. The summed E-state index contributed by atoms with van der Waals surface area (Å²) in [6.07, 6.45) is 3.95. The Morgan fingerprint density at radius 3 is 2.70 bits per heavy atom. The molecule has 0 aliphatic carbocycles. The topological polar surface area (TPSA) is 77.6 Å². The number of carbonyl (C=O) groups is 1. The highest BCUT2D eigenvalue weighted by atomic mass is 16.1. The summed E-state index contributed by atoms with van der Waals surface area (Å²) in [6.45, 7) is 3.94. The molecule has 0 saturated carbocycles. The van der Waals surface area contributed by atoms with Gasteiger partial charge in [0.05, 0.1) is 40.7 Å². The average molecular weight is 360 g/mol. The summed E-state index contributed by atoms with van der Waals surface area (Å²) in [5, 5.41) is 12.6. The number of anilines is 1. The molecular formula is C20H20N6O. The van der Waals surface area contributed by atoms with E-state index in [0.29, 0.717) is 17.7 Å². The predicted molar refractivity (Wildman–Crippen MR) is 104 cm³/mol. The van der Waals surface area contributed by atoms with Crippen LogP contribution in [0.3, 0.4) is 0 Å². The van der Waals surface area contributed by atoms with Crippen molar-refractivity contribution in [3.63, 3.8) is 0 Å². The van der Waals surface area contributed by atoms with E-state index < -0.39 is 0 Å². The molecule has 0 unspecified atom stereocenters. The molecule has 3 heterocycles. The number of hydrogen-bond acceptors (Lipinski definition) is 4. The standard InChI is InChI=1S/C20H20N6O/c1-4-18-17(12-22-26(18)15-8-6-5-7-9-15)20(27)23-14-10-16-13(2)24-25(3)19(16)21-11-14/h5-12H,4H2,1-3H3,(H,23,27). The molecule has 4 aromatic rings. The summed E-state index contributed by atoms with van der Waals surface area (Å²) in [5.74, 6) is -0.197. The molecule has 1 aromatic carbocycles. The van der Waals surface area contributed by atoms with Crippen LogP contribution in [0.25, 0.3) is 16.7 Å². The third-order valence-electron chi connectivity index (χ3n) is 4.57. The van der Waals surface area contributed by atoms with Gasteiger partial charge in [-0.2, -0.15) is 10.2 Å². The van der Waals surface area contributed by atoms with E-state index in [1.807, 2.05) is 62.0 Å². The number of amides is 1. The minimum Gasteiger partial charge on any atom is -0.320 e. The van der Waals surface area contributed by atoms with Crippen LogP contribution >= 0.6 is 0 Å². The molecule has 136 valence electrons. The van der Waals surface area contributed by atoms with E-state index in [1.54, 1.807) is 17.1 Å². The fourth-order valence-corrected chi connectivity index (χ4v) is 3.27. The average Bonchev–Trinajstić information content (AvgIpc) is 3.23. The lowest BCUT2D eigenvalue weighted by Gasteiger charge is -2.08. The largest absolute Gasteiger partial charge is 0.320 e. The molecule has 0 atom stereocenters. The number of aromatic nitrogens is 5. The Morgan fingerprint density at radius 1 is 1.19 bits per heavy atom. The lowest BCUT2D eigenvalue weighted by Crippen LogP contribution is -2.14. The van der Waals surface area contributed by atoms with Gasteiger partial charge in [-0.15, -0.1) is 0 Å². The van der Waals surface area contributed by atoms with Gasteiger partial charge in [-0.25, -0.2) is 9.67 Å². The second-order valence-electron chi connectivity index (χ2n) is 6.36. The minimum atomic E-state index is -0.197. The van der Waals surface area contributed by atoms with Gasteiger partial charge in [0.1, 0.15) is 0 Å². The normalized spacial score (nSPS) is 11.1. The number of nitrogens with one attached hydrogen (secondary N) is 1. The Bertz CT molecular complexity index is 1130. The zero-order valence-electron chi connectivity index (χ0n) is 15.5. The summed E-state index contributed by atoms with van der Waals surface area (Å²) in [6, 6.07) is 11.7. The fraction of sp³-hybridized carbons (Fsp3) is 0.200. The van der Waals surface area contributed by atoms with Gasteiger partial charge in [-0.05, 0) is 31.5 Å². The van der Waals surface area contributed by atoms with Crippen molar-refractivity contribution in [2.75, 3.05) is 5.32 Å². The first-order valence-corrected chi connectivity index (χ1v) is 8.81. The number of pyridine rings is 1. The highest BCUT2D eigenvalue weighted by Gasteiger charge is 2.18. The van der Waals surface area contributed by atoms with Crippen LogP contribution in [0.1, 0.15) is 28.7 Å². The van der Waals surface area contributed by atoms with Crippen LogP contribution < -0.4 is 5.32 Å². The molecule has 7 nitrogen and oxygen atoms in total. The lowest BCUT2D eigenvalue weighted by atomic mass is 10.1. The van der Waals surface area contributed by atoms with Crippen LogP contribution in [0.2, 0.25) is 0 Å². The van der Waals surface area contributed by atoms with Crippen LogP contribution in [0.5, 0.6) is 0 Å². The molecular weight excluding hydrogens is 340 g/mol. The zero-order valence-corrected chi connectivity index (χ0v) is 15.5. The molecule has 0 spiro atoms. The number of hydrogen-bond donors (Lipinski definition) is 1. The molecule has 0 radical (unpaired) electrons. The van der Waals surface area contributed by atoms with Crippen molar-refractivity contribution < 1.29 is 4.79 Å². The van der Waals surface area contributed by atoms with E-state index in [-0.39, 0.29) is 5.91 Å². The van der Waals surface area contributed by atoms with Crippen molar-refractivity contribution in [1.82, 2.24) is 24.5 Å². The van der Waals surface area contributed by atoms with Gasteiger partial charge >= 0.3 is 0 Å². The maximum Gasteiger partial charge on any atom is 0.259 e. The summed E-state index contributed by atoms with van der Waals surface area (Å²) >= 11 is 0. The highest BCUT2D eigenvalue weighted by molar-refractivity contribution is 6.05. The van der Waals surface area contributed by atoms with E-state index in [4.69, 9.17) is 0 Å². The number of carbonyl (C=O) groups excluding carboxylic acids is 1. The van der Waals surface area contributed by atoms with Gasteiger partial charge in [0.2, 0.25) is 0 Å². The van der Waals surface area contributed by atoms with Gasteiger partial charge in [-0.1, -0.05) is 25.1 Å². The van der Waals surface area contributed by atoms with E-state index in [0.717, 1.165) is 28.1 Å². The molecule has 0 aliphatic heterocycles. The van der Waals surface area contributed by atoms with E-state index in [9.17, 15) is 4.79 Å². The first-order chi connectivity index (χ1) is 13.1. The van der Waals surface area contributed by atoms with Crippen molar-refractivity contribution in [2.24, 2.45) is 7.05 Å². The monoisotopic (exact) mass is 360 g/mol. The predicted octanol–water partition coefficient (Wildman–Crippen LogP) is 3.28. The number of nitrogens with zero attached hydrogens (tertiary/aromatic N) is 5. The van der Waals surface area contributed by atoms with Crippen molar-refractivity contribution >= 4 is 22.6 Å². The Labute approximate surface area is 156 Å². The van der Waals surface area contributed by atoms with Crippen molar-refractivity contribution in [3.8, 4) is 5.69 Å². The number of benzene rings is 1. The zero-order chi connectivity index (χ0) is 19.0. The van der Waals surface area contributed by atoms with Crippen molar-refractivity contribution in [3.05, 3.63) is 65.7 Å². The lowest BCUT2D eigenvalue weighted by molar-refractivity contribution is 0.102. The van der Waals surface area contributed by atoms with Crippen LogP contribution in [0, 0.1) is 6.92 Å². The van der Waals surface area contributed by atoms with Crippen LogP contribution in [0.15, 0.2) is 48.8 Å². The van der Waals surface area contributed by atoms with Gasteiger partial charge in [0.25, 0.3) is 5.91 Å². The molecule has 0 fully saturated rings. The maximum atomic E-state index is 12.9. The van der Waals surface area contributed by atoms with E-state index >= 15 is 0 Å². The second kappa shape index (κ2) is 6.68. The SMILES string of the molecule is CCc1c(C(=O)Nc2cnc3c(c2)c(C)nn3C)cnn1-c1ccccc1. The summed E-state index contributed by atoms with van der Waals surface area (Å²) in [7, 11) is 1.85. The second-order valence-corrected chi connectivity index (χ2v) is 6.36. The quantitative estimate of drug-likeness (QED) is 0.606. The van der Waals surface area contributed by atoms with Gasteiger partial charge in [0.15, 0.2) is 5.65 Å². The highest BCUT2D eigenvalue weighted by Crippen LogP contribution is 2.21. The third-order valence-corrected chi connectivity index (χ3v) is 4.57. The summed E-state index contributed by atoms with van der Waals surface area (Å²) in [5.41, 5.74) is 4.66. The summed E-state index contributed by atoms with van der Waals surface area (Å²) in [4.78, 5) is 17.3. The first-order valence-electron chi connectivity index (χ1n) is 8.81.